The van der Waals surface area contributed by atoms with Crippen molar-refractivity contribution in [3.05, 3.63) is 158 Å². The Kier molecular flexibility index (Phi) is 4.94. The number of fused-ring (bicyclic) bond motifs is 15. The monoisotopic (exact) mass is 634 g/mol. The highest BCUT2D eigenvalue weighted by molar-refractivity contribution is 6.39. The topological polar surface area (TPSA) is 35.1 Å². The first kappa shape index (κ1) is 26.2. The van der Waals surface area contributed by atoms with Gasteiger partial charge >= 0.3 is 0 Å². The third kappa shape index (κ3) is 3.25. The van der Waals surface area contributed by atoms with Crippen molar-refractivity contribution >= 4 is 92.5 Å². The van der Waals surface area contributed by atoms with Crippen molar-refractivity contribution < 1.29 is 0 Å². The fourth-order valence-corrected chi connectivity index (χ4v) is 8.74. The molecule has 0 atom stereocenters. The fraction of sp³-hybridized carbons (Fsp3) is 0. The molecule has 0 aliphatic carbocycles. The van der Waals surface area contributed by atoms with Crippen LogP contribution in [0.15, 0.2) is 158 Å². The minimum Gasteiger partial charge on any atom is -0.307 e. The summed E-state index contributed by atoms with van der Waals surface area (Å²) in [5.74, 6) is 0.827. The number of hydrogen-bond acceptors (Lipinski definition) is 2. The molecular weight excluding hydrogens is 609 g/mol. The molecule has 50 heavy (non-hydrogen) atoms. The molecule has 4 heterocycles. The smallest absolute Gasteiger partial charge is 0.165 e. The highest BCUT2D eigenvalue weighted by Crippen LogP contribution is 2.48. The number of benzene rings is 8. The van der Waals surface area contributed by atoms with Gasteiger partial charge in [-0.2, -0.15) is 0 Å². The SMILES string of the molecule is c1ccc(-c2nc3cc4ccccc4cc3nc2-n2c3ccccc3c3c2c2ccccc2c2c4cccc5c6ccccc6n(c54)c23)cc1. The maximum atomic E-state index is 5.56. The van der Waals surface area contributed by atoms with Crippen molar-refractivity contribution in [2.45, 2.75) is 0 Å². The average Bonchev–Trinajstić information content (AvgIpc) is 3.83. The van der Waals surface area contributed by atoms with Gasteiger partial charge in [0.25, 0.3) is 0 Å². The van der Waals surface area contributed by atoms with Crippen LogP contribution in [0.4, 0.5) is 0 Å². The lowest BCUT2D eigenvalue weighted by Gasteiger charge is -2.15. The van der Waals surface area contributed by atoms with Crippen molar-refractivity contribution in [3.63, 3.8) is 0 Å². The summed E-state index contributed by atoms with van der Waals surface area (Å²) < 4.78 is 4.92. The Bertz CT molecular complexity index is 3360. The van der Waals surface area contributed by atoms with E-state index in [-0.39, 0.29) is 0 Å². The molecule has 0 aliphatic rings. The van der Waals surface area contributed by atoms with E-state index in [2.05, 4.69) is 167 Å². The number of aromatic nitrogens is 4. The second-order valence-corrected chi connectivity index (χ2v) is 13.3. The Morgan fingerprint density at radius 3 is 1.76 bits per heavy atom. The van der Waals surface area contributed by atoms with E-state index in [0.717, 1.165) is 49.9 Å². The van der Waals surface area contributed by atoms with Gasteiger partial charge in [0.2, 0.25) is 0 Å². The first-order chi connectivity index (χ1) is 24.8. The molecule has 4 aromatic heterocycles. The van der Waals surface area contributed by atoms with Crippen molar-refractivity contribution in [2.75, 3.05) is 0 Å². The van der Waals surface area contributed by atoms with Gasteiger partial charge in [-0.25, -0.2) is 9.97 Å². The van der Waals surface area contributed by atoms with E-state index in [1.54, 1.807) is 0 Å². The van der Waals surface area contributed by atoms with Crippen molar-refractivity contribution in [2.24, 2.45) is 0 Å². The molecule has 0 unspecified atom stereocenters. The van der Waals surface area contributed by atoms with Crippen LogP contribution in [0.2, 0.25) is 0 Å². The number of rotatable bonds is 2. The van der Waals surface area contributed by atoms with E-state index in [0.29, 0.717) is 0 Å². The summed E-state index contributed by atoms with van der Waals surface area (Å²) in [6.07, 6.45) is 0. The molecule has 0 saturated carbocycles. The predicted molar refractivity (Wildman–Crippen MR) is 209 cm³/mol. The minimum absolute atomic E-state index is 0.827. The average molecular weight is 635 g/mol. The van der Waals surface area contributed by atoms with Crippen molar-refractivity contribution in [3.8, 4) is 17.1 Å². The molecule has 0 radical (unpaired) electrons. The van der Waals surface area contributed by atoms with Gasteiger partial charge in [0.05, 0.1) is 38.6 Å². The molecule has 0 fully saturated rings. The number of hydrogen-bond donors (Lipinski definition) is 0. The summed E-state index contributed by atoms with van der Waals surface area (Å²) in [6, 6.07) is 56.7. The van der Waals surface area contributed by atoms with Gasteiger partial charge < -0.3 is 4.40 Å². The summed E-state index contributed by atoms with van der Waals surface area (Å²) in [5, 5.41) is 12.3. The molecular formula is C46H26N4. The molecule has 8 aromatic carbocycles. The lowest BCUT2D eigenvalue weighted by atomic mass is 9.98. The zero-order valence-electron chi connectivity index (χ0n) is 26.8. The van der Waals surface area contributed by atoms with Crippen LogP contribution in [0.25, 0.3) is 110 Å². The summed E-state index contributed by atoms with van der Waals surface area (Å²) >= 11 is 0. The molecule has 0 N–H and O–H groups in total. The van der Waals surface area contributed by atoms with Crippen LogP contribution >= 0.6 is 0 Å². The molecule has 0 spiro atoms. The Morgan fingerprint density at radius 2 is 0.960 bits per heavy atom. The lowest BCUT2D eigenvalue weighted by Crippen LogP contribution is -2.04. The third-order valence-corrected chi connectivity index (χ3v) is 10.8. The van der Waals surface area contributed by atoms with E-state index in [9.17, 15) is 0 Å². The second-order valence-electron chi connectivity index (χ2n) is 13.3. The van der Waals surface area contributed by atoms with Gasteiger partial charge in [0.1, 0.15) is 5.69 Å². The van der Waals surface area contributed by atoms with E-state index < -0.39 is 0 Å². The standard InChI is InChI=1S/C46H26N4/c1-2-13-27(14-3-1)42-46(48-37-26-29-16-5-4-15-28(29)25-36(37)47-42)50-39-24-11-9-20-34(39)41-44(50)33-19-7-6-18-31(33)40-35-22-12-21-32-30-17-8-10-23-38(30)49(43(32)35)45(40)41/h1-26H. The molecule has 0 bridgehead atoms. The molecule has 230 valence electrons. The largest absolute Gasteiger partial charge is 0.307 e. The summed E-state index contributed by atoms with van der Waals surface area (Å²) in [6.45, 7) is 0. The molecule has 4 nitrogen and oxygen atoms in total. The zero-order valence-corrected chi connectivity index (χ0v) is 26.8. The molecule has 12 aromatic rings. The van der Waals surface area contributed by atoms with Crippen LogP contribution < -0.4 is 0 Å². The zero-order chi connectivity index (χ0) is 32.5. The first-order valence-electron chi connectivity index (χ1n) is 17.1. The Balaban J connectivity index is 1.36. The normalized spacial score (nSPS) is 12.4. The summed E-state index contributed by atoms with van der Waals surface area (Å²) in [5.41, 5.74) is 9.65. The van der Waals surface area contributed by atoms with Gasteiger partial charge in [0.15, 0.2) is 5.82 Å². The highest BCUT2D eigenvalue weighted by atomic mass is 15.1. The molecule has 0 saturated heterocycles. The van der Waals surface area contributed by atoms with Crippen LogP contribution in [0.1, 0.15) is 0 Å². The van der Waals surface area contributed by atoms with Crippen LogP contribution in [0.3, 0.4) is 0 Å². The van der Waals surface area contributed by atoms with E-state index in [1.807, 2.05) is 0 Å². The van der Waals surface area contributed by atoms with Crippen LogP contribution in [0.5, 0.6) is 0 Å². The quantitative estimate of drug-likeness (QED) is 0.177. The van der Waals surface area contributed by atoms with Gasteiger partial charge in [-0.1, -0.05) is 133 Å². The predicted octanol–water partition coefficient (Wildman–Crippen LogP) is 11.9. The van der Waals surface area contributed by atoms with Crippen LogP contribution in [-0.4, -0.2) is 18.9 Å². The molecule has 0 amide bonds. The Labute approximate surface area is 285 Å². The van der Waals surface area contributed by atoms with Crippen LogP contribution in [-0.2, 0) is 0 Å². The molecule has 0 aliphatic heterocycles. The molecule has 12 rings (SSSR count). The maximum absolute atomic E-state index is 5.56. The number of para-hydroxylation sites is 3. The van der Waals surface area contributed by atoms with E-state index in [4.69, 9.17) is 9.97 Å². The molecule has 4 heteroatoms. The minimum atomic E-state index is 0.827. The van der Waals surface area contributed by atoms with Crippen molar-refractivity contribution in [1.82, 2.24) is 18.9 Å². The van der Waals surface area contributed by atoms with Gasteiger partial charge in [0, 0.05) is 43.3 Å². The van der Waals surface area contributed by atoms with Crippen LogP contribution in [0, 0.1) is 0 Å². The van der Waals surface area contributed by atoms with E-state index >= 15 is 0 Å². The first-order valence-corrected chi connectivity index (χ1v) is 17.1. The van der Waals surface area contributed by atoms with Gasteiger partial charge in [-0.3, -0.25) is 4.57 Å². The van der Waals surface area contributed by atoms with Gasteiger partial charge in [-0.15, -0.1) is 0 Å². The maximum Gasteiger partial charge on any atom is 0.165 e. The lowest BCUT2D eigenvalue weighted by molar-refractivity contribution is 1.08. The van der Waals surface area contributed by atoms with E-state index in [1.165, 1.54) is 59.6 Å². The summed E-state index contributed by atoms with van der Waals surface area (Å²) in [4.78, 5) is 11.0. The van der Waals surface area contributed by atoms with Gasteiger partial charge in [-0.05, 0) is 40.4 Å². The van der Waals surface area contributed by atoms with Crippen molar-refractivity contribution in [1.29, 1.82) is 0 Å². The fourth-order valence-electron chi connectivity index (χ4n) is 8.74. The third-order valence-electron chi connectivity index (χ3n) is 10.8. The number of nitrogens with zero attached hydrogens (tertiary/aromatic N) is 4. The second kappa shape index (κ2) is 9.43. The summed E-state index contributed by atoms with van der Waals surface area (Å²) in [7, 11) is 0. The Hall–Kier alpha value is -6.78. The Morgan fingerprint density at radius 1 is 0.380 bits per heavy atom. The highest BCUT2D eigenvalue weighted by Gasteiger charge is 2.27.